The zero-order valence-electron chi connectivity index (χ0n) is 15.4. The highest BCUT2D eigenvalue weighted by Gasteiger charge is 2.31. The molecule has 0 bridgehead atoms. The number of hydrogen-bond acceptors (Lipinski definition) is 5. The van der Waals surface area contributed by atoms with Gasteiger partial charge in [0.25, 0.3) is 0 Å². The second-order valence-electron chi connectivity index (χ2n) is 6.80. The van der Waals surface area contributed by atoms with Crippen LogP contribution in [0.3, 0.4) is 0 Å². The van der Waals surface area contributed by atoms with Gasteiger partial charge < -0.3 is 15.4 Å². The van der Waals surface area contributed by atoms with E-state index >= 15 is 0 Å². The lowest BCUT2D eigenvalue weighted by Gasteiger charge is -2.13. The number of aromatic nitrogens is 2. The minimum atomic E-state index is -4.74. The summed E-state index contributed by atoms with van der Waals surface area (Å²) < 4.78 is 41.7. The minimum Gasteiger partial charge on any atom is -0.406 e. The first-order valence-electron chi connectivity index (χ1n) is 9.24. The van der Waals surface area contributed by atoms with E-state index in [2.05, 4.69) is 25.3 Å². The summed E-state index contributed by atoms with van der Waals surface area (Å²) in [5.74, 6) is 0.746. The van der Waals surface area contributed by atoms with Gasteiger partial charge in [0.15, 0.2) is 0 Å². The van der Waals surface area contributed by atoms with E-state index in [-0.39, 0.29) is 5.75 Å². The number of benzene rings is 2. The highest BCUT2D eigenvalue weighted by Crippen LogP contribution is 2.30. The zero-order chi connectivity index (χ0) is 20.3. The maximum atomic E-state index is 12.5. The number of nitrogens with zero attached hydrogens (tertiary/aromatic N) is 2. The fraction of sp³-hybridized carbons (Fsp3) is 0.238. The highest BCUT2D eigenvalue weighted by atomic mass is 19.4. The Labute approximate surface area is 166 Å². The van der Waals surface area contributed by atoms with Gasteiger partial charge in [0, 0.05) is 24.2 Å². The van der Waals surface area contributed by atoms with Crippen molar-refractivity contribution in [2.24, 2.45) is 0 Å². The summed E-state index contributed by atoms with van der Waals surface area (Å²) >= 11 is 0. The predicted molar refractivity (Wildman–Crippen MR) is 105 cm³/mol. The number of anilines is 2. The van der Waals surface area contributed by atoms with E-state index in [1.165, 1.54) is 18.2 Å². The third kappa shape index (κ3) is 5.60. The topological polar surface area (TPSA) is 59.1 Å². The first-order chi connectivity index (χ1) is 13.9. The molecule has 0 saturated heterocycles. The Hall–Kier alpha value is -3.29. The predicted octanol–water partition coefficient (Wildman–Crippen LogP) is 5.23. The number of alkyl halides is 3. The van der Waals surface area contributed by atoms with Gasteiger partial charge in [-0.25, -0.2) is 4.98 Å². The van der Waals surface area contributed by atoms with E-state index in [1.54, 1.807) is 12.1 Å². The van der Waals surface area contributed by atoms with Gasteiger partial charge in [-0.2, -0.15) is 4.98 Å². The first kappa shape index (κ1) is 19.0. The van der Waals surface area contributed by atoms with E-state index in [1.807, 2.05) is 30.3 Å². The van der Waals surface area contributed by atoms with Gasteiger partial charge in [0.05, 0.1) is 5.69 Å². The van der Waals surface area contributed by atoms with Gasteiger partial charge in [0.1, 0.15) is 11.6 Å². The second kappa shape index (κ2) is 7.98. The highest BCUT2D eigenvalue weighted by molar-refractivity contribution is 5.66. The molecule has 3 aromatic rings. The second-order valence-corrected chi connectivity index (χ2v) is 6.80. The number of rotatable bonds is 7. The van der Waals surface area contributed by atoms with Crippen molar-refractivity contribution in [3.63, 3.8) is 0 Å². The number of hydrogen-bond donors (Lipinski definition) is 2. The van der Waals surface area contributed by atoms with Crippen molar-refractivity contribution in [3.8, 4) is 17.0 Å². The average Bonchev–Trinajstić information content (AvgIpc) is 3.50. The summed E-state index contributed by atoms with van der Waals surface area (Å²) in [6, 6.07) is 17.7. The molecule has 2 aromatic carbocycles. The number of nitrogens with one attached hydrogen (secondary N) is 2. The summed E-state index contributed by atoms with van der Waals surface area (Å²) in [6.07, 6.45) is -2.64. The fourth-order valence-electron chi connectivity index (χ4n) is 2.80. The molecule has 8 heteroatoms. The molecule has 0 amide bonds. The molecule has 29 heavy (non-hydrogen) atoms. The monoisotopic (exact) mass is 400 g/mol. The lowest BCUT2D eigenvalue weighted by atomic mass is 10.1. The zero-order valence-corrected chi connectivity index (χ0v) is 15.4. The molecule has 1 aliphatic rings. The molecule has 2 N–H and O–H groups in total. The van der Waals surface area contributed by atoms with E-state index in [0.29, 0.717) is 35.6 Å². The lowest BCUT2D eigenvalue weighted by Crippen LogP contribution is -2.17. The number of ether oxygens (including phenoxy) is 1. The Balaban J connectivity index is 1.60. The van der Waals surface area contributed by atoms with Gasteiger partial charge in [0.2, 0.25) is 5.95 Å². The van der Waals surface area contributed by atoms with Crippen LogP contribution in [0.4, 0.5) is 24.9 Å². The van der Waals surface area contributed by atoms with Gasteiger partial charge in [-0.15, -0.1) is 13.2 Å². The molecule has 0 aliphatic heterocycles. The smallest absolute Gasteiger partial charge is 0.406 e. The molecule has 0 atom stereocenters. The molecule has 0 radical (unpaired) electrons. The van der Waals surface area contributed by atoms with Crippen molar-refractivity contribution in [1.82, 2.24) is 9.97 Å². The van der Waals surface area contributed by atoms with Crippen LogP contribution in [0.1, 0.15) is 18.4 Å². The van der Waals surface area contributed by atoms with Crippen molar-refractivity contribution < 1.29 is 17.9 Å². The third-order valence-corrected chi connectivity index (χ3v) is 4.32. The van der Waals surface area contributed by atoms with Crippen LogP contribution in [-0.2, 0) is 6.54 Å². The summed E-state index contributed by atoms with van der Waals surface area (Å²) in [5, 5.41) is 6.50. The van der Waals surface area contributed by atoms with Crippen LogP contribution in [0.5, 0.6) is 5.75 Å². The van der Waals surface area contributed by atoms with Crippen LogP contribution in [0.2, 0.25) is 0 Å². The van der Waals surface area contributed by atoms with Crippen molar-refractivity contribution in [1.29, 1.82) is 0 Å². The van der Waals surface area contributed by atoms with E-state index in [4.69, 9.17) is 0 Å². The van der Waals surface area contributed by atoms with Crippen LogP contribution in [0, 0.1) is 0 Å². The third-order valence-electron chi connectivity index (χ3n) is 4.32. The van der Waals surface area contributed by atoms with E-state index in [9.17, 15) is 13.2 Å². The molecule has 1 aliphatic carbocycles. The quantitative estimate of drug-likeness (QED) is 0.569. The molecule has 4 rings (SSSR count). The first-order valence-corrected chi connectivity index (χ1v) is 9.24. The average molecular weight is 400 g/mol. The molecular formula is C21H19F3N4O. The van der Waals surface area contributed by atoms with E-state index in [0.717, 1.165) is 18.4 Å². The van der Waals surface area contributed by atoms with E-state index < -0.39 is 6.36 Å². The van der Waals surface area contributed by atoms with Crippen molar-refractivity contribution in [2.75, 3.05) is 10.6 Å². The Morgan fingerprint density at radius 1 is 0.966 bits per heavy atom. The van der Waals surface area contributed by atoms with Crippen LogP contribution in [0.15, 0.2) is 60.7 Å². The summed E-state index contributed by atoms with van der Waals surface area (Å²) in [4.78, 5) is 8.97. The number of halogens is 3. The van der Waals surface area contributed by atoms with Gasteiger partial charge in [-0.3, -0.25) is 0 Å². The molecule has 5 nitrogen and oxygen atoms in total. The minimum absolute atomic E-state index is 0.288. The van der Waals surface area contributed by atoms with Crippen molar-refractivity contribution >= 4 is 11.8 Å². The van der Waals surface area contributed by atoms with Crippen molar-refractivity contribution in [3.05, 3.63) is 66.2 Å². The Morgan fingerprint density at radius 2 is 1.76 bits per heavy atom. The van der Waals surface area contributed by atoms with Crippen LogP contribution >= 0.6 is 0 Å². The molecule has 150 valence electrons. The molecule has 0 spiro atoms. The summed E-state index contributed by atoms with van der Waals surface area (Å²) in [6.45, 7) is 0.567. The largest absolute Gasteiger partial charge is 0.573 e. The Bertz CT molecular complexity index is 975. The Morgan fingerprint density at radius 3 is 2.48 bits per heavy atom. The summed E-state index contributed by atoms with van der Waals surface area (Å²) in [7, 11) is 0. The molecule has 1 saturated carbocycles. The molecular weight excluding hydrogens is 381 g/mol. The van der Waals surface area contributed by atoms with Crippen LogP contribution in [0.25, 0.3) is 11.3 Å². The van der Waals surface area contributed by atoms with Crippen LogP contribution < -0.4 is 15.4 Å². The molecule has 1 heterocycles. The maximum absolute atomic E-state index is 12.5. The molecule has 1 fully saturated rings. The maximum Gasteiger partial charge on any atom is 0.573 e. The lowest BCUT2D eigenvalue weighted by molar-refractivity contribution is -0.274. The van der Waals surface area contributed by atoms with Gasteiger partial charge in [-0.05, 0) is 30.5 Å². The normalized spacial score (nSPS) is 13.8. The summed E-state index contributed by atoms with van der Waals surface area (Å²) in [5.41, 5.74) is 2.10. The van der Waals surface area contributed by atoms with Crippen molar-refractivity contribution in [2.45, 2.75) is 31.8 Å². The van der Waals surface area contributed by atoms with Crippen LogP contribution in [-0.4, -0.2) is 22.4 Å². The fourth-order valence-corrected chi connectivity index (χ4v) is 2.80. The Kier molecular flexibility index (Phi) is 5.24. The molecule has 1 aromatic heterocycles. The van der Waals surface area contributed by atoms with Gasteiger partial charge in [-0.1, -0.05) is 42.5 Å². The SMILES string of the molecule is FC(F)(F)Oc1cccc(-c2cc(NCc3ccccc3)nc(NC3CC3)n2)c1. The molecule has 0 unspecified atom stereocenters. The van der Waals surface area contributed by atoms with Gasteiger partial charge >= 0.3 is 6.36 Å². The standard InChI is InChI=1S/C21H19F3N4O/c22-21(23,24)29-17-8-4-7-15(11-17)18-12-19(25-13-14-5-2-1-3-6-14)28-20(27-18)26-16-9-10-16/h1-8,11-12,16H,9-10,13H2,(H2,25,26,27,28).